The van der Waals surface area contributed by atoms with Gasteiger partial charge in [-0.1, -0.05) is 37.6 Å². The predicted octanol–water partition coefficient (Wildman–Crippen LogP) is 2.51. The predicted molar refractivity (Wildman–Crippen MR) is 97.8 cm³/mol. The van der Waals surface area contributed by atoms with E-state index >= 15 is 0 Å². The van der Waals surface area contributed by atoms with Gasteiger partial charge in [-0.25, -0.2) is 0 Å². The summed E-state index contributed by atoms with van der Waals surface area (Å²) in [5.74, 6) is 0. The number of nitrogens with zero attached hydrogens (tertiary/aromatic N) is 2. The zero-order valence-corrected chi connectivity index (χ0v) is 15.1. The lowest BCUT2D eigenvalue weighted by Crippen LogP contribution is -2.46. The normalized spacial score (nSPS) is 17.0. The van der Waals surface area contributed by atoms with Crippen molar-refractivity contribution < 1.29 is 4.74 Å². The second kappa shape index (κ2) is 10.3. The van der Waals surface area contributed by atoms with Gasteiger partial charge in [0, 0.05) is 52.5 Å². The standard InChI is InChI=1S/C18H31N2OP/c1-2-3-14-21-15-4-9-19-10-12-20(13-11-19)16-17-5-7-18(22)8-6-17/h5-8H,2-4,9-16,22H2,1H3. The summed E-state index contributed by atoms with van der Waals surface area (Å²) in [6.45, 7) is 11.1. The van der Waals surface area contributed by atoms with E-state index in [9.17, 15) is 0 Å². The van der Waals surface area contributed by atoms with Crippen LogP contribution in [0.2, 0.25) is 0 Å². The van der Waals surface area contributed by atoms with Gasteiger partial charge in [-0.05, 0) is 23.7 Å². The number of hydrogen-bond acceptors (Lipinski definition) is 3. The molecule has 1 aromatic carbocycles. The zero-order valence-electron chi connectivity index (χ0n) is 14.0. The maximum Gasteiger partial charge on any atom is 0.0478 e. The molecule has 1 unspecified atom stereocenters. The molecule has 1 heterocycles. The van der Waals surface area contributed by atoms with E-state index in [0.29, 0.717) is 0 Å². The van der Waals surface area contributed by atoms with Crippen molar-refractivity contribution in [2.45, 2.75) is 32.7 Å². The van der Waals surface area contributed by atoms with Crippen molar-refractivity contribution in [3.05, 3.63) is 29.8 Å². The molecule has 4 heteroatoms. The smallest absolute Gasteiger partial charge is 0.0478 e. The summed E-state index contributed by atoms with van der Waals surface area (Å²) in [5, 5.41) is 1.26. The molecular formula is C18H31N2OP. The number of piperazine rings is 1. The molecule has 124 valence electrons. The Morgan fingerprint density at radius 2 is 1.59 bits per heavy atom. The molecule has 0 aromatic heterocycles. The molecule has 0 N–H and O–H groups in total. The quantitative estimate of drug-likeness (QED) is 0.513. The molecule has 0 amide bonds. The monoisotopic (exact) mass is 322 g/mol. The molecule has 22 heavy (non-hydrogen) atoms. The summed E-state index contributed by atoms with van der Waals surface area (Å²) in [7, 11) is 2.74. The van der Waals surface area contributed by atoms with Crippen LogP contribution < -0.4 is 5.30 Å². The number of hydrogen-bond donors (Lipinski definition) is 0. The molecule has 1 fully saturated rings. The van der Waals surface area contributed by atoms with E-state index in [4.69, 9.17) is 4.74 Å². The summed E-state index contributed by atoms with van der Waals surface area (Å²) < 4.78 is 5.64. The van der Waals surface area contributed by atoms with Crippen LogP contribution in [0.5, 0.6) is 0 Å². The van der Waals surface area contributed by atoms with Gasteiger partial charge < -0.3 is 9.64 Å². The first-order valence-electron chi connectivity index (χ1n) is 8.65. The molecule has 0 radical (unpaired) electrons. The van der Waals surface area contributed by atoms with Gasteiger partial charge in [0.05, 0.1) is 0 Å². The van der Waals surface area contributed by atoms with Crippen LogP contribution in [-0.2, 0) is 11.3 Å². The van der Waals surface area contributed by atoms with E-state index in [-0.39, 0.29) is 0 Å². The highest BCUT2D eigenvalue weighted by Crippen LogP contribution is 2.09. The van der Waals surface area contributed by atoms with E-state index in [2.05, 4.69) is 50.2 Å². The van der Waals surface area contributed by atoms with Gasteiger partial charge >= 0.3 is 0 Å². The second-order valence-corrected chi connectivity index (χ2v) is 6.85. The average molecular weight is 322 g/mol. The van der Waals surface area contributed by atoms with Crippen molar-refractivity contribution in [1.82, 2.24) is 9.80 Å². The van der Waals surface area contributed by atoms with Gasteiger partial charge in [-0.15, -0.1) is 9.24 Å². The number of ether oxygens (including phenoxy) is 1. The summed E-state index contributed by atoms with van der Waals surface area (Å²) in [6, 6.07) is 8.83. The lowest BCUT2D eigenvalue weighted by atomic mass is 10.2. The molecule has 0 spiro atoms. The third-order valence-corrected chi connectivity index (χ3v) is 4.64. The van der Waals surface area contributed by atoms with E-state index in [1.165, 1.54) is 62.9 Å². The van der Waals surface area contributed by atoms with Crippen molar-refractivity contribution >= 4 is 14.5 Å². The molecule has 1 aliphatic rings. The van der Waals surface area contributed by atoms with Crippen LogP contribution in [-0.4, -0.2) is 55.7 Å². The van der Waals surface area contributed by atoms with Crippen molar-refractivity contribution in [2.75, 3.05) is 45.9 Å². The highest BCUT2D eigenvalue weighted by atomic mass is 31.0. The van der Waals surface area contributed by atoms with Crippen molar-refractivity contribution in [1.29, 1.82) is 0 Å². The van der Waals surface area contributed by atoms with Crippen LogP contribution in [0.1, 0.15) is 31.7 Å². The molecule has 2 rings (SSSR count). The Hall–Kier alpha value is -0.470. The maximum atomic E-state index is 5.64. The molecule has 0 saturated carbocycles. The Morgan fingerprint density at radius 3 is 2.27 bits per heavy atom. The Balaban J connectivity index is 1.56. The minimum Gasteiger partial charge on any atom is -0.381 e. The van der Waals surface area contributed by atoms with Crippen molar-refractivity contribution in [3.63, 3.8) is 0 Å². The molecule has 1 atom stereocenters. The highest BCUT2D eigenvalue weighted by molar-refractivity contribution is 7.27. The van der Waals surface area contributed by atoms with Gasteiger partial charge in [0.15, 0.2) is 0 Å². The van der Waals surface area contributed by atoms with Gasteiger partial charge in [-0.2, -0.15) is 0 Å². The largest absolute Gasteiger partial charge is 0.381 e. The van der Waals surface area contributed by atoms with Crippen molar-refractivity contribution in [2.24, 2.45) is 0 Å². The average Bonchev–Trinajstić information content (AvgIpc) is 2.54. The molecule has 0 aliphatic carbocycles. The third kappa shape index (κ3) is 6.75. The summed E-state index contributed by atoms with van der Waals surface area (Å²) in [6.07, 6.45) is 3.58. The summed E-state index contributed by atoms with van der Waals surface area (Å²) in [4.78, 5) is 5.14. The first kappa shape index (κ1) is 17.9. The lowest BCUT2D eigenvalue weighted by Gasteiger charge is -2.34. The highest BCUT2D eigenvalue weighted by Gasteiger charge is 2.16. The fourth-order valence-corrected chi connectivity index (χ4v) is 2.98. The van der Waals surface area contributed by atoms with E-state index in [1.807, 2.05) is 0 Å². The van der Waals surface area contributed by atoms with E-state index in [1.54, 1.807) is 0 Å². The van der Waals surface area contributed by atoms with Gasteiger partial charge in [-0.3, -0.25) is 4.90 Å². The van der Waals surface area contributed by atoms with Crippen molar-refractivity contribution in [3.8, 4) is 0 Å². The minimum absolute atomic E-state index is 0.918. The lowest BCUT2D eigenvalue weighted by molar-refractivity contribution is 0.0957. The first-order chi connectivity index (χ1) is 10.8. The fourth-order valence-electron chi connectivity index (χ4n) is 2.79. The summed E-state index contributed by atoms with van der Waals surface area (Å²) in [5.41, 5.74) is 1.42. The van der Waals surface area contributed by atoms with Crippen LogP contribution in [0, 0.1) is 0 Å². The SMILES string of the molecule is CCCCOCCCN1CCN(Cc2ccc(P)cc2)CC1. The third-order valence-electron chi connectivity index (χ3n) is 4.26. The Kier molecular flexibility index (Phi) is 8.40. The molecular weight excluding hydrogens is 291 g/mol. The molecule has 1 saturated heterocycles. The number of benzene rings is 1. The van der Waals surface area contributed by atoms with Gasteiger partial charge in [0.25, 0.3) is 0 Å². The van der Waals surface area contributed by atoms with E-state index < -0.39 is 0 Å². The number of rotatable bonds is 9. The molecule has 1 aromatic rings. The molecule has 0 bridgehead atoms. The topological polar surface area (TPSA) is 15.7 Å². The van der Waals surface area contributed by atoms with Crippen LogP contribution in [0.15, 0.2) is 24.3 Å². The maximum absolute atomic E-state index is 5.64. The van der Waals surface area contributed by atoms with Crippen LogP contribution in [0.3, 0.4) is 0 Å². The van der Waals surface area contributed by atoms with Crippen LogP contribution in [0.4, 0.5) is 0 Å². The summed E-state index contributed by atoms with van der Waals surface area (Å²) >= 11 is 0. The van der Waals surface area contributed by atoms with Crippen LogP contribution >= 0.6 is 9.24 Å². The zero-order chi connectivity index (χ0) is 15.6. The first-order valence-corrected chi connectivity index (χ1v) is 9.22. The van der Waals surface area contributed by atoms with Crippen LogP contribution in [0.25, 0.3) is 0 Å². The Morgan fingerprint density at radius 1 is 0.955 bits per heavy atom. The fraction of sp³-hybridized carbons (Fsp3) is 0.667. The molecule has 1 aliphatic heterocycles. The van der Waals surface area contributed by atoms with Gasteiger partial charge in [0.2, 0.25) is 0 Å². The number of unbranched alkanes of at least 4 members (excludes halogenated alkanes) is 1. The minimum atomic E-state index is 0.918. The Bertz CT molecular complexity index is 402. The van der Waals surface area contributed by atoms with E-state index in [0.717, 1.165) is 19.8 Å². The van der Waals surface area contributed by atoms with Gasteiger partial charge in [0.1, 0.15) is 0 Å². The molecule has 3 nitrogen and oxygen atoms in total. The Labute approximate surface area is 138 Å². The second-order valence-electron chi connectivity index (χ2n) is 6.18.